The average molecular weight is 414 g/mol. The molecule has 0 radical (unpaired) electrons. The standard InChI is InChI=1S/C21H20F2N4O3/c22-14-5-6-16(15(23)11-14)25-20(29)19(28)24-12-13-7-9-27(10-8-13)21-26-17-3-1-2-4-18(17)30-21/h1-6,11,13H,7-10,12H2,(H,24,28)(H,25,29). The molecular formula is C21H20F2N4O3. The van der Waals surface area contributed by atoms with E-state index in [2.05, 4.69) is 20.5 Å². The Morgan fingerprint density at radius 2 is 1.87 bits per heavy atom. The molecule has 2 heterocycles. The Morgan fingerprint density at radius 3 is 2.60 bits per heavy atom. The molecule has 9 heteroatoms. The maximum Gasteiger partial charge on any atom is 0.313 e. The molecule has 156 valence electrons. The molecule has 3 aromatic rings. The number of oxazole rings is 1. The Hall–Kier alpha value is -3.49. The van der Waals surface area contributed by atoms with Gasteiger partial charge in [0.1, 0.15) is 17.2 Å². The Morgan fingerprint density at radius 1 is 1.10 bits per heavy atom. The summed E-state index contributed by atoms with van der Waals surface area (Å²) in [4.78, 5) is 30.5. The van der Waals surface area contributed by atoms with Crippen molar-refractivity contribution in [3.05, 3.63) is 54.1 Å². The van der Waals surface area contributed by atoms with Gasteiger partial charge in [0.25, 0.3) is 6.01 Å². The van der Waals surface area contributed by atoms with E-state index in [1.54, 1.807) is 0 Å². The molecule has 1 aromatic heterocycles. The van der Waals surface area contributed by atoms with Gasteiger partial charge in [-0.3, -0.25) is 9.59 Å². The van der Waals surface area contributed by atoms with E-state index in [-0.39, 0.29) is 11.6 Å². The zero-order valence-corrected chi connectivity index (χ0v) is 16.0. The van der Waals surface area contributed by atoms with Crippen molar-refractivity contribution in [3.63, 3.8) is 0 Å². The van der Waals surface area contributed by atoms with Crippen LogP contribution in [-0.2, 0) is 9.59 Å². The number of hydrogen-bond acceptors (Lipinski definition) is 5. The van der Waals surface area contributed by atoms with E-state index in [0.29, 0.717) is 18.6 Å². The summed E-state index contributed by atoms with van der Waals surface area (Å²) in [6.45, 7) is 1.78. The summed E-state index contributed by atoms with van der Waals surface area (Å²) in [7, 11) is 0. The molecule has 0 atom stereocenters. The highest BCUT2D eigenvalue weighted by Crippen LogP contribution is 2.26. The van der Waals surface area contributed by atoms with E-state index in [4.69, 9.17) is 4.42 Å². The molecule has 2 aromatic carbocycles. The van der Waals surface area contributed by atoms with Gasteiger partial charge in [0, 0.05) is 25.7 Å². The predicted octanol–water partition coefficient (Wildman–Crippen LogP) is 3.08. The van der Waals surface area contributed by atoms with Crippen LogP contribution in [0.1, 0.15) is 12.8 Å². The fourth-order valence-electron chi connectivity index (χ4n) is 3.41. The number of nitrogens with zero attached hydrogens (tertiary/aromatic N) is 2. The van der Waals surface area contributed by atoms with E-state index in [1.165, 1.54) is 0 Å². The largest absolute Gasteiger partial charge is 0.423 e. The van der Waals surface area contributed by atoms with E-state index in [9.17, 15) is 18.4 Å². The van der Waals surface area contributed by atoms with Crippen LogP contribution in [0.3, 0.4) is 0 Å². The second-order valence-electron chi connectivity index (χ2n) is 7.18. The lowest BCUT2D eigenvalue weighted by atomic mass is 9.97. The summed E-state index contributed by atoms with van der Waals surface area (Å²) < 4.78 is 32.3. The zero-order valence-electron chi connectivity index (χ0n) is 16.0. The van der Waals surface area contributed by atoms with Crippen LogP contribution in [0, 0.1) is 17.6 Å². The molecular weight excluding hydrogens is 394 g/mol. The Bertz CT molecular complexity index is 1040. The first-order chi connectivity index (χ1) is 14.5. The molecule has 0 saturated carbocycles. The number of carbonyl (C=O) groups excluding carboxylic acids is 2. The highest BCUT2D eigenvalue weighted by atomic mass is 19.1. The lowest BCUT2D eigenvalue weighted by molar-refractivity contribution is -0.136. The number of rotatable bonds is 4. The highest BCUT2D eigenvalue weighted by Gasteiger charge is 2.24. The van der Waals surface area contributed by atoms with Crippen LogP contribution >= 0.6 is 0 Å². The number of benzene rings is 2. The van der Waals surface area contributed by atoms with Crippen LogP contribution in [0.4, 0.5) is 20.5 Å². The van der Waals surface area contributed by atoms with Crippen molar-refractivity contribution in [3.8, 4) is 0 Å². The van der Waals surface area contributed by atoms with E-state index in [1.807, 2.05) is 24.3 Å². The van der Waals surface area contributed by atoms with Crippen molar-refractivity contribution in [1.82, 2.24) is 10.3 Å². The van der Waals surface area contributed by atoms with Crippen LogP contribution in [-0.4, -0.2) is 36.4 Å². The van der Waals surface area contributed by atoms with Crippen molar-refractivity contribution >= 4 is 34.6 Å². The Balaban J connectivity index is 1.25. The number of aromatic nitrogens is 1. The summed E-state index contributed by atoms with van der Waals surface area (Å²) in [5.74, 6) is -3.36. The quantitative estimate of drug-likeness (QED) is 0.641. The number of amides is 2. The first-order valence-electron chi connectivity index (χ1n) is 9.64. The molecule has 4 rings (SSSR count). The summed E-state index contributed by atoms with van der Waals surface area (Å²) in [6.07, 6.45) is 1.60. The van der Waals surface area contributed by atoms with Gasteiger partial charge < -0.3 is 20.0 Å². The van der Waals surface area contributed by atoms with Gasteiger partial charge in [-0.05, 0) is 43.0 Å². The number of hydrogen-bond donors (Lipinski definition) is 2. The summed E-state index contributed by atoms with van der Waals surface area (Å²) in [5.41, 5.74) is 1.30. The molecule has 2 amide bonds. The summed E-state index contributed by atoms with van der Waals surface area (Å²) in [6, 6.07) is 10.9. The Kier molecular flexibility index (Phi) is 5.60. The van der Waals surface area contributed by atoms with Crippen molar-refractivity contribution in [2.45, 2.75) is 12.8 Å². The van der Waals surface area contributed by atoms with E-state index in [0.717, 1.165) is 49.2 Å². The third-order valence-corrected chi connectivity index (χ3v) is 5.10. The van der Waals surface area contributed by atoms with Gasteiger partial charge in [-0.15, -0.1) is 0 Å². The molecule has 1 aliphatic rings. The van der Waals surface area contributed by atoms with Crippen molar-refractivity contribution < 1.29 is 22.8 Å². The number of anilines is 2. The number of para-hydroxylation sites is 2. The fourth-order valence-corrected chi connectivity index (χ4v) is 3.41. The molecule has 7 nitrogen and oxygen atoms in total. The van der Waals surface area contributed by atoms with Crippen LogP contribution in [0.25, 0.3) is 11.1 Å². The van der Waals surface area contributed by atoms with Gasteiger partial charge in [-0.25, -0.2) is 8.78 Å². The van der Waals surface area contributed by atoms with E-state index >= 15 is 0 Å². The van der Waals surface area contributed by atoms with Gasteiger partial charge in [0.2, 0.25) is 0 Å². The monoisotopic (exact) mass is 414 g/mol. The fraction of sp³-hybridized carbons (Fsp3) is 0.286. The molecule has 0 unspecified atom stereocenters. The number of halogens is 2. The third-order valence-electron chi connectivity index (χ3n) is 5.10. The number of nitrogens with one attached hydrogen (secondary N) is 2. The molecule has 1 saturated heterocycles. The lowest BCUT2D eigenvalue weighted by Crippen LogP contribution is -2.42. The Labute approximate surface area is 171 Å². The maximum atomic E-state index is 13.6. The zero-order chi connectivity index (χ0) is 21.1. The SMILES string of the molecule is O=C(NCC1CCN(c2nc3ccccc3o2)CC1)C(=O)Nc1ccc(F)cc1F. The van der Waals surface area contributed by atoms with Gasteiger partial charge in [0.15, 0.2) is 5.58 Å². The smallest absolute Gasteiger partial charge is 0.313 e. The molecule has 1 fully saturated rings. The average Bonchev–Trinajstić information content (AvgIpc) is 3.18. The molecule has 0 spiro atoms. The third kappa shape index (κ3) is 4.40. The van der Waals surface area contributed by atoms with E-state index < -0.39 is 23.4 Å². The molecule has 0 bridgehead atoms. The second-order valence-corrected chi connectivity index (χ2v) is 7.18. The highest BCUT2D eigenvalue weighted by molar-refractivity contribution is 6.39. The summed E-state index contributed by atoms with van der Waals surface area (Å²) >= 11 is 0. The first-order valence-corrected chi connectivity index (χ1v) is 9.64. The number of carbonyl (C=O) groups is 2. The minimum absolute atomic E-state index is 0.199. The maximum absolute atomic E-state index is 13.6. The summed E-state index contributed by atoms with van der Waals surface area (Å²) in [5, 5.41) is 4.72. The van der Waals surface area contributed by atoms with Gasteiger partial charge in [-0.1, -0.05) is 12.1 Å². The molecule has 0 aliphatic carbocycles. The second kappa shape index (κ2) is 8.48. The van der Waals surface area contributed by atoms with Gasteiger partial charge in [-0.2, -0.15) is 4.98 Å². The normalized spacial score (nSPS) is 14.7. The van der Waals surface area contributed by atoms with Crippen LogP contribution in [0.15, 0.2) is 46.9 Å². The first kappa shape index (κ1) is 19.8. The van der Waals surface area contributed by atoms with Crippen LogP contribution in [0.5, 0.6) is 0 Å². The minimum atomic E-state index is -0.996. The van der Waals surface area contributed by atoms with Crippen molar-refractivity contribution in [2.75, 3.05) is 29.9 Å². The minimum Gasteiger partial charge on any atom is -0.423 e. The number of piperidine rings is 1. The van der Waals surface area contributed by atoms with Gasteiger partial charge >= 0.3 is 11.8 Å². The van der Waals surface area contributed by atoms with Crippen LogP contribution in [0.2, 0.25) is 0 Å². The van der Waals surface area contributed by atoms with Crippen molar-refractivity contribution in [1.29, 1.82) is 0 Å². The number of fused-ring (bicyclic) bond motifs is 1. The predicted molar refractivity (Wildman–Crippen MR) is 107 cm³/mol. The molecule has 2 N–H and O–H groups in total. The van der Waals surface area contributed by atoms with Crippen LogP contribution < -0.4 is 15.5 Å². The topological polar surface area (TPSA) is 87.5 Å². The molecule has 30 heavy (non-hydrogen) atoms. The molecule has 1 aliphatic heterocycles. The van der Waals surface area contributed by atoms with Crippen molar-refractivity contribution in [2.24, 2.45) is 5.92 Å². The lowest BCUT2D eigenvalue weighted by Gasteiger charge is -2.30. The van der Waals surface area contributed by atoms with Gasteiger partial charge in [0.05, 0.1) is 5.69 Å².